The van der Waals surface area contributed by atoms with E-state index in [2.05, 4.69) is 20.4 Å². The van der Waals surface area contributed by atoms with Crippen molar-refractivity contribution in [3.63, 3.8) is 0 Å². The molecule has 0 amide bonds. The highest BCUT2D eigenvalue weighted by Crippen LogP contribution is 2.18. The summed E-state index contributed by atoms with van der Waals surface area (Å²) in [6, 6.07) is 16.8. The van der Waals surface area contributed by atoms with Gasteiger partial charge in [0.15, 0.2) is 5.65 Å². The third-order valence-electron chi connectivity index (χ3n) is 4.42. The molecule has 0 aliphatic rings. The van der Waals surface area contributed by atoms with Crippen molar-refractivity contribution in [2.45, 2.75) is 6.42 Å². The molecule has 0 saturated carbocycles. The van der Waals surface area contributed by atoms with E-state index in [4.69, 9.17) is 0 Å². The lowest BCUT2D eigenvalue weighted by Crippen LogP contribution is -2.11. The first-order valence-electron chi connectivity index (χ1n) is 8.96. The lowest BCUT2D eigenvalue weighted by molar-refractivity contribution is 0.601. The SMILES string of the molecule is CS(=O)(=O)CCc1ccc(Nc2nc3c(cnn3-c3ccccc3)c(=O)[nH]2)cc1. The summed E-state index contributed by atoms with van der Waals surface area (Å²) < 4.78 is 24.2. The van der Waals surface area contributed by atoms with Crippen molar-refractivity contribution < 1.29 is 8.42 Å². The number of sulfone groups is 1. The first-order chi connectivity index (χ1) is 13.9. The van der Waals surface area contributed by atoms with Crippen LogP contribution in [0.3, 0.4) is 0 Å². The Balaban J connectivity index is 1.61. The van der Waals surface area contributed by atoms with Gasteiger partial charge < -0.3 is 5.32 Å². The van der Waals surface area contributed by atoms with E-state index in [9.17, 15) is 13.2 Å². The van der Waals surface area contributed by atoms with Crippen LogP contribution in [0.25, 0.3) is 16.7 Å². The van der Waals surface area contributed by atoms with Crippen LogP contribution < -0.4 is 10.9 Å². The molecule has 0 aliphatic carbocycles. The van der Waals surface area contributed by atoms with Crippen LogP contribution in [0.5, 0.6) is 0 Å². The van der Waals surface area contributed by atoms with Crippen molar-refractivity contribution in [1.82, 2.24) is 19.7 Å². The van der Waals surface area contributed by atoms with Crippen LogP contribution >= 0.6 is 0 Å². The summed E-state index contributed by atoms with van der Waals surface area (Å²) in [7, 11) is -3.00. The number of nitrogens with zero attached hydrogens (tertiary/aromatic N) is 3. The molecule has 2 heterocycles. The number of anilines is 2. The average molecular weight is 409 g/mol. The monoisotopic (exact) mass is 409 g/mol. The van der Waals surface area contributed by atoms with Gasteiger partial charge in [0.2, 0.25) is 5.95 Å². The van der Waals surface area contributed by atoms with Crippen molar-refractivity contribution >= 4 is 32.5 Å². The number of aromatic amines is 1. The molecule has 0 atom stereocenters. The molecule has 9 heteroatoms. The van der Waals surface area contributed by atoms with E-state index in [0.717, 1.165) is 16.9 Å². The molecule has 2 N–H and O–H groups in total. The summed E-state index contributed by atoms with van der Waals surface area (Å²) in [5.74, 6) is 0.401. The van der Waals surface area contributed by atoms with Gasteiger partial charge in [-0.1, -0.05) is 30.3 Å². The molecule has 0 saturated heterocycles. The number of para-hydroxylation sites is 1. The number of nitrogens with one attached hydrogen (secondary N) is 2. The van der Waals surface area contributed by atoms with Gasteiger partial charge in [0.05, 0.1) is 17.6 Å². The summed E-state index contributed by atoms with van der Waals surface area (Å²) in [5, 5.41) is 7.76. The van der Waals surface area contributed by atoms with E-state index in [1.807, 2.05) is 54.6 Å². The molecule has 4 aromatic rings. The Bertz CT molecular complexity index is 1310. The average Bonchev–Trinajstić information content (AvgIpc) is 3.12. The number of fused-ring (bicyclic) bond motifs is 1. The van der Waals surface area contributed by atoms with Crippen LogP contribution in [0.15, 0.2) is 65.6 Å². The second-order valence-electron chi connectivity index (χ2n) is 6.75. The Kier molecular flexibility index (Phi) is 4.89. The molecule has 0 spiro atoms. The molecule has 0 radical (unpaired) electrons. The van der Waals surface area contributed by atoms with Gasteiger partial charge in [-0.05, 0) is 36.2 Å². The smallest absolute Gasteiger partial charge is 0.263 e. The fourth-order valence-electron chi connectivity index (χ4n) is 2.93. The molecule has 0 fully saturated rings. The Morgan fingerprint density at radius 1 is 1.07 bits per heavy atom. The summed E-state index contributed by atoms with van der Waals surface area (Å²) in [6.07, 6.45) is 3.17. The lowest BCUT2D eigenvalue weighted by Gasteiger charge is -2.08. The molecule has 4 rings (SSSR count). The normalized spacial score (nSPS) is 11.6. The van der Waals surface area contributed by atoms with E-state index in [0.29, 0.717) is 23.4 Å². The van der Waals surface area contributed by atoms with Crippen LogP contribution in [0.1, 0.15) is 5.56 Å². The van der Waals surface area contributed by atoms with Crippen LogP contribution in [-0.2, 0) is 16.3 Å². The standard InChI is InChI=1S/C20H19N5O3S/c1-29(27,28)12-11-14-7-9-15(10-8-14)22-20-23-18-17(19(26)24-20)13-21-25(18)16-5-3-2-4-6-16/h2-10,13H,11-12H2,1H3,(H2,22,23,24,26). The zero-order valence-electron chi connectivity index (χ0n) is 15.7. The maximum atomic E-state index is 12.4. The Labute approximate surface area is 167 Å². The third-order valence-corrected chi connectivity index (χ3v) is 5.36. The third kappa shape index (κ3) is 4.35. The van der Waals surface area contributed by atoms with Crippen LogP contribution in [0.2, 0.25) is 0 Å². The van der Waals surface area contributed by atoms with Gasteiger partial charge in [-0.25, -0.2) is 13.1 Å². The van der Waals surface area contributed by atoms with E-state index in [1.165, 1.54) is 12.5 Å². The number of hydrogen-bond acceptors (Lipinski definition) is 6. The largest absolute Gasteiger partial charge is 0.326 e. The number of rotatable bonds is 6. The van der Waals surface area contributed by atoms with Gasteiger partial charge in [-0.2, -0.15) is 10.1 Å². The zero-order valence-corrected chi connectivity index (χ0v) is 16.5. The molecule has 29 heavy (non-hydrogen) atoms. The molecule has 2 aromatic carbocycles. The summed E-state index contributed by atoms with van der Waals surface area (Å²) in [5.41, 5.74) is 2.61. The minimum Gasteiger partial charge on any atom is -0.326 e. The quantitative estimate of drug-likeness (QED) is 0.506. The molecular weight excluding hydrogens is 390 g/mol. The van der Waals surface area contributed by atoms with E-state index in [1.54, 1.807) is 4.68 Å². The maximum absolute atomic E-state index is 12.4. The molecule has 148 valence electrons. The van der Waals surface area contributed by atoms with Gasteiger partial charge in [-0.15, -0.1) is 0 Å². The lowest BCUT2D eigenvalue weighted by atomic mass is 10.1. The first-order valence-corrected chi connectivity index (χ1v) is 11.0. The molecule has 0 bridgehead atoms. The predicted molar refractivity (Wildman–Crippen MR) is 113 cm³/mol. The van der Waals surface area contributed by atoms with Crippen molar-refractivity contribution in [3.05, 3.63) is 76.7 Å². The van der Waals surface area contributed by atoms with Crippen LogP contribution in [0.4, 0.5) is 11.6 Å². The van der Waals surface area contributed by atoms with Gasteiger partial charge in [0, 0.05) is 11.9 Å². The molecule has 8 nitrogen and oxygen atoms in total. The topological polar surface area (TPSA) is 110 Å². The first kappa shape index (κ1) is 18.9. The second kappa shape index (κ2) is 7.51. The van der Waals surface area contributed by atoms with E-state index >= 15 is 0 Å². The van der Waals surface area contributed by atoms with Gasteiger partial charge in [0.1, 0.15) is 15.2 Å². The molecule has 0 unspecified atom stereocenters. The minimum atomic E-state index is -3.00. The Hall–Kier alpha value is -3.46. The van der Waals surface area contributed by atoms with Gasteiger partial charge in [-0.3, -0.25) is 9.78 Å². The van der Waals surface area contributed by atoms with E-state index in [-0.39, 0.29) is 11.3 Å². The Morgan fingerprint density at radius 3 is 2.48 bits per heavy atom. The number of H-pyrrole nitrogens is 1. The van der Waals surface area contributed by atoms with Crippen molar-refractivity contribution in [3.8, 4) is 5.69 Å². The highest BCUT2D eigenvalue weighted by atomic mass is 32.2. The highest BCUT2D eigenvalue weighted by Gasteiger charge is 2.11. The van der Waals surface area contributed by atoms with Crippen LogP contribution in [-0.4, -0.2) is 40.2 Å². The number of aromatic nitrogens is 4. The molecular formula is C20H19N5O3S. The second-order valence-corrected chi connectivity index (χ2v) is 9.01. The molecule has 0 aliphatic heterocycles. The van der Waals surface area contributed by atoms with Crippen molar-refractivity contribution in [1.29, 1.82) is 0 Å². The minimum absolute atomic E-state index is 0.106. The van der Waals surface area contributed by atoms with Gasteiger partial charge >= 0.3 is 0 Å². The fourth-order valence-corrected chi connectivity index (χ4v) is 3.54. The van der Waals surface area contributed by atoms with E-state index < -0.39 is 9.84 Å². The summed E-state index contributed by atoms with van der Waals surface area (Å²) in [4.78, 5) is 19.6. The summed E-state index contributed by atoms with van der Waals surface area (Å²) >= 11 is 0. The van der Waals surface area contributed by atoms with Gasteiger partial charge in [0.25, 0.3) is 5.56 Å². The fraction of sp³-hybridized carbons (Fsp3) is 0.150. The number of hydrogen-bond donors (Lipinski definition) is 2. The zero-order chi connectivity index (χ0) is 20.4. The van der Waals surface area contributed by atoms with Crippen molar-refractivity contribution in [2.24, 2.45) is 0 Å². The predicted octanol–water partition coefficient (Wildman–Crippen LogP) is 2.44. The number of aryl methyl sites for hydroxylation is 1. The Morgan fingerprint density at radius 2 is 1.79 bits per heavy atom. The summed E-state index contributed by atoms with van der Waals surface area (Å²) in [6.45, 7) is 0. The highest BCUT2D eigenvalue weighted by molar-refractivity contribution is 7.90. The van der Waals surface area contributed by atoms with Crippen LogP contribution in [0, 0.1) is 0 Å². The number of benzene rings is 2. The molecule has 2 aromatic heterocycles. The maximum Gasteiger partial charge on any atom is 0.263 e. The van der Waals surface area contributed by atoms with Crippen molar-refractivity contribution in [2.75, 3.05) is 17.3 Å².